The number of benzene rings is 1. The summed E-state index contributed by atoms with van der Waals surface area (Å²) in [5.41, 5.74) is 2.07. The summed E-state index contributed by atoms with van der Waals surface area (Å²) in [5, 5.41) is 3.38. The lowest BCUT2D eigenvalue weighted by Crippen LogP contribution is -2.35. The molecule has 0 aliphatic carbocycles. The Bertz CT molecular complexity index is 808. The first-order valence-electron chi connectivity index (χ1n) is 7.86. The Kier molecular flexibility index (Phi) is 3.67. The van der Waals surface area contributed by atoms with Crippen molar-refractivity contribution in [2.75, 3.05) is 19.6 Å². The highest BCUT2D eigenvalue weighted by atomic mass is 32.2. The number of hydrogen-bond donors (Lipinski definition) is 1. The summed E-state index contributed by atoms with van der Waals surface area (Å²) in [5.74, 6) is 0.562. The maximum atomic E-state index is 13.0. The van der Waals surface area contributed by atoms with Gasteiger partial charge in [-0.15, -0.1) is 0 Å². The van der Waals surface area contributed by atoms with Crippen LogP contribution in [0.4, 0.5) is 0 Å². The van der Waals surface area contributed by atoms with Crippen LogP contribution in [-0.4, -0.2) is 37.3 Å². The molecule has 0 spiro atoms. The van der Waals surface area contributed by atoms with Gasteiger partial charge in [0.2, 0.25) is 10.0 Å². The Morgan fingerprint density at radius 2 is 1.91 bits per heavy atom. The number of nitrogens with zero attached hydrogens (tertiary/aromatic N) is 2. The molecule has 5 nitrogen and oxygen atoms in total. The highest BCUT2D eigenvalue weighted by molar-refractivity contribution is 7.89. The molecular weight excluding hydrogens is 310 g/mol. The molecule has 2 atom stereocenters. The highest BCUT2D eigenvalue weighted by Crippen LogP contribution is 2.35. The van der Waals surface area contributed by atoms with Crippen LogP contribution >= 0.6 is 0 Å². The van der Waals surface area contributed by atoms with Crippen molar-refractivity contribution in [1.82, 2.24) is 14.6 Å². The third-order valence-electron chi connectivity index (χ3n) is 4.78. The van der Waals surface area contributed by atoms with Crippen LogP contribution in [0.15, 0.2) is 53.6 Å². The van der Waals surface area contributed by atoms with Crippen LogP contribution in [0, 0.1) is 5.92 Å². The number of hydrogen-bond acceptors (Lipinski definition) is 4. The van der Waals surface area contributed by atoms with Gasteiger partial charge in [-0.2, -0.15) is 4.31 Å². The van der Waals surface area contributed by atoms with E-state index in [1.54, 1.807) is 34.8 Å². The fourth-order valence-electron chi connectivity index (χ4n) is 3.60. The van der Waals surface area contributed by atoms with Gasteiger partial charge in [-0.3, -0.25) is 4.98 Å². The van der Waals surface area contributed by atoms with Gasteiger partial charge in [-0.25, -0.2) is 8.42 Å². The average molecular weight is 329 g/mol. The number of fused-ring (bicyclic) bond motifs is 3. The molecule has 2 aliphatic heterocycles. The minimum Gasteiger partial charge on any atom is -0.316 e. The number of rotatable bonds is 2. The maximum absolute atomic E-state index is 13.0. The molecule has 1 aromatic carbocycles. The Labute approximate surface area is 136 Å². The summed E-state index contributed by atoms with van der Waals surface area (Å²) in [6.07, 6.45) is 1.80. The minimum atomic E-state index is -3.49. The van der Waals surface area contributed by atoms with Crippen molar-refractivity contribution < 1.29 is 8.42 Å². The van der Waals surface area contributed by atoms with Gasteiger partial charge in [0, 0.05) is 37.4 Å². The van der Waals surface area contributed by atoms with Crippen LogP contribution in [-0.2, 0) is 16.6 Å². The summed E-state index contributed by atoms with van der Waals surface area (Å²) in [7, 11) is -3.49. The van der Waals surface area contributed by atoms with Gasteiger partial charge in [0.25, 0.3) is 0 Å². The van der Waals surface area contributed by atoms with E-state index in [9.17, 15) is 8.42 Å². The number of pyridine rings is 1. The lowest BCUT2D eigenvalue weighted by Gasteiger charge is -2.23. The molecule has 0 unspecified atom stereocenters. The van der Waals surface area contributed by atoms with Gasteiger partial charge < -0.3 is 5.32 Å². The molecule has 2 aliphatic rings. The predicted octanol–water partition coefficient (Wildman–Crippen LogP) is 1.59. The van der Waals surface area contributed by atoms with Crippen molar-refractivity contribution in [2.24, 2.45) is 5.92 Å². The number of aromatic nitrogens is 1. The largest absolute Gasteiger partial charge is 0.316 e. The van der Waals surface area contributed by atoms with Gasteiger partial charge in [-0.1, -0.05) is 24.3 Å². The third-order valence-corrected chi connectivity index (χ3v) is 6.61. The van der Waals surface area contributed by atoms with E-state index in [-0.39, 0.29) is 5.92 Å². The van der Waals surface area contributed by atoms with Gasteiger partial charge in [0.15, 0.2) is 0 Å². The second-order valence-electron chi connectivity index (χ2n) is 6.18. The third kappa shape index (κ3) is 2.56. The first-order chi connectivity index (χ1) is 11.2. The molecule has 0 bridgehead atoms. The first kappa shape index (κ1) is 14.8. The molecule has 1 fully saturated rings. The molecule has 1 aromatic heterocycles. The van der Waals surface area contributed by atoms with E-state index >= 15 is 0 Å². The quantitative estimate of drug-likeness (QED) is 0.909. The van der Waals surface area contributed by atoms with Crippen LogP contribution in [0.5, 0.6) is 0 Å². The molecule has 23 heavy (non-hydrogen) atoms. The van der Waals surface area contributed by atoms with Crippen molar-refractivity contribution in [3.63, 3.8) is 0 Å². The zero-order valence-corrected chi connectivity index (χ0v) is 13.5. The Balaban J connectivity index is 1.77. The van der Waals surface area contributed by atoms with E-state index in [1.165, 1.54) is 0 Å². The van der Waals surface area contributed by atoms with Crippen LogP contribution in [0.25, 0.3) is 0 Å². The van der Waals surface area contributed by atoms with Crippen molar-refractivity contribution in [3.05, 3.63) is 59.9 Å². The van der Waals surface area contributed by atoms with Crippen LogP contribution in [0.1, 0.15) is 17.2 Å². The van der Waals surface area contributed by atoms with Gasteiger partial charge in [-0.05, 0) is 36.2 Å². The van der Waals surface area contributed by atoms with E-state index in [0.29, 0.717) is 23.9 Å². The Hall–Kier alpha value is -1.76. The molecular formula is C17H19N3O2S. The van der Waals surface area contributed by atoms with Gasteiger partial charge in [0.05, 0.1) is 4.90 Å². The SMILES string of the molecule is O=S(=O)(c1ccccc1)N1Cc2cccnc2[C@H]2CNC[C@@H]2C1. The fourth-order valence-corrected chi connectivity index (χ4v) is 5.10. The highest BCUT2D eigenvalue weighted by Gasteiger charge is 2.38. The number of nitrogens with one attached hydrogen (secondary N) is 1. The summed E-state index contributed by atoms with van der Waals surface area (Å²) in [6.45, 7) is 2.63. The van der Waals surface area contributed by atoms with Gasteiger partial charge in [0.1, 0.15) is 0 Å². The average Bonchev–Trinajstić information content (AvgIpc) is 2.97. The van der Waals surface area contributed by atoms with Crippen LogP contribution in [0.3, 0.4) is 0 Å². The molecule has 0 saturated carbocycles. The topological polar surface area (TPSA) is 62.3 Å². The van der Waals surface area contributed by atoms with E-state index in [2.05, 4.69) is 10.3 Å². The Morgan fingerprint density at radius 1 is 1.09 bits per heavy atom. The standard InChI is InChI=1S/C17H19N3O2S/c21-23(22,15-6-2-1-3-7-15)20-11-13-5-4-8-19-17(13)16-10-18-9-14(16)12-20/h1-8,14,16,18H,9-12H2/t14-,16+/m1/s1. The summed E-state index contributed by atoms with van der Waals surface area (Å²) >= 11 is 0. The monoisotopic (exact) mass is 329 g/mol. The van der Waals surface area contributed by atoms with E-state index in [4.69, 9.17) is 0 Å². The van der Waals surface area contributed by atoms with E-state index < -0.39 is 10.0 Å². The van der Waals surface area contributed by atoms with Crippen molar-refractivity contribution in [3.8, 4) is 0 Å². The lowest BCUT2D eigenvalue weighted by atomic mass is 9.91. The van der Waals surface area contributed by atoms with E-state index in [0.717, 1.165) is 24.3 Å². The molecule has 2 aromatic rings. The zero-order chi connectivity index (χ0) is 15.9. The molecule has 1 N–H and O–H groups in total. The van der Waals surface area contributed by atoms with E-state index in [1.807, 2.05) is 18.2 Å². The second-order valence-corrected chi connectivity index (χ2v) is 8.12. The van der Waals surface area contributed by atoms with Crippen LogP contribution < -0.4 is 5.32 Å². The second kappa shape index (κ2) is 5.70. The summed E-state index contributed by atoms with van der Waals surface area (Å²) < 4.78 is 27.7. The van der Waals surface area contributed by atoms with Crippen molar-refractivity contribution >= 4 is 10.0 Å². The molecule has 120 valence electrons. The van der Waals surface area contributed by atoms with Crippen molar-refractivity contribution in [2.45, 2.75) is 17.4 Å². The maximum Gasteiger partial charge on any atom is 0.243 e. The van der Waals surface area contributed by atoms with Crippen molar-refractivity contribution in [1.29, 1.82) is 0 Å². The molecule has 6 heteroatoms. The smallest absolute Gasteiger partial charge is 0.243 e. The number of sulfonamides is 1. The molecule has 4 rings (SSSR count). The zero-order valence-electron chi connectivity index (χ0n) is 12.7. The summed E-state index contributed by atoms with van der Waals surface area (Å²) in [4.78, 5) is 4.91. The Morgan fingerprint density at radius 3 is 2.74 bits per heavy atom. The van der Waals surface area contributed by atoms with Crippen LogP contribution in [0.2, 0.25) is 0 Å². The normalized spacial score (nSPS) is 24.7. The first-order valence-corrected chi connectivity index (χ1v) is 9.30. The fraction of sp³-hybridized carbons (Fsp3) is 0.353. The predicted molar refractivity (Wildman–Crippen MR) is 87.4 cm³/mol. The van der Waals surface area contributed by atoms with Gasteiger partial charge >= 0.3 is 0 Å². The lowest BCUT2D eigenvalue weighted by molar-refractivity contribution is 0.349. The minimum absolute atomic E-state index is 0.268. The molecule has 3 heterocycles. The molecule has 0 radical (unpaired) electrons. The summed E-state index contributed by atoms with van der Waals surface area (Å²) in [6, 6.07) is 12.6. The molecule has 1 saturated heterocycles. The molecule has 0 amide bonds.